The van der Waals surface area contributed by atoms with Crippen molar-refractivity contribution in [2.45, 2.75) is 13.0 Å². The first-order valence-electron chi connectivity index (χ1n) is 10.2. The maximum Gasteiger partial charge on any atom is 0.412 e. The quantitative estimate of drug-likeness (QED) is 0.418. The van der Waals surface area contributed by atoms with Gasteiger partial charge in [-0.3, -0.25) is 5.32 Å². The fourth-order valence-electron chi connectivity index (χ4n) is 3.35. The third-order valence-corrected chi connectivity index (χ3v) is 4.83. The normalized spacial score (nSPS) is 12.9. The summed E-state index contributed by atoms with van der Waals surface area (Å²) in [6, 6.07) is 20.2. The van der Waals surface area contributed by atoms with Crippen molar-refractivity contribution in [2.24, 2.45) is 5.92 Å². The van der Waals surface area contributed by atoms with Crippen LogP contribution in [0.3, 0.4) is 0 Å². The van der Waals surface area contributed by atoms with E-state index in [-0.39, 0.29) is 13.2 Å². The summed E-state index contributed by atoms with van der Waals surface area (Å²) in [6.45, 7) is 1.76. The Labute approximate surface area is 185 Å². The Bertz CT molecular complexity index is 1110. The summed E-state index contributed by atoms with van der Waals surface area (Å²) in [5.41, 5.74) is 1.25. The molecule has 0 bridgehead atoms. The van der Waals surface area contributed by atoms with Gasteiger partial charge in [0, 0.05) is 17.4 Å². The monoisotopic (exact) mass is 435 g/mol. The molecule has 3 aromatic carbocycles. The van der Waals surface area contributed by atoms with Crippen LogP contribution in [0.25, 0.3) is 10.8 Å². The van der Waals surface area contributed by atoms with Gasteiger partial charge < -0.3 is 19.7 Å². The lowest BCUT2D eigenvalue weighted by molar-refractivity contribution is -0.131. The SMILES string of the molecule is C[C@H](/C=C/C(=O)O)[C@H](OC(=O)Nc1cccc2ccccc12)c1cccc(OCCO)c1. The van der Waals surface area contributed by atoms with E-state index in [2.05, 4.69) is 5.32 Å². The lowest BCUT2D eigenvalue weighted by Crippen LogP contribution is -2.21. The van der Waals surface area contributed by atoms with E-state index in [1.54, 1.807) is 37.3 Å². The van der Waals surface area contributed by atoms with Gasteiger partial charge in [0.15, 0.2) is 0 Å². The van der Waals surface area contributed by atoms with Gasteiger partial charge in [0.2, 0.25) is 0 Å². The number of fused-ring (bicyclic) bond motifs is 1. The molecule has 3 rings (SSSR count). The van der Waals surface area contributed by atoms with Crippen LogP contribution in [0.5, 0.6) is 5.75 Å². The first kappa shape index (κ1) is 22.8. The Hall–Kier alpha value is -3.84. The summed E-state index contributed by atoms with van der Waals surface area (Å²) in [5.74, 6) is -1.01. The van der Waals surface area contributed by atoms with Crippen molar-refractivity contribution in [3.63, 3.8) is 0 Å². The number of carboxylic acids is 1. The molecule has 0 radical (unpaired) electrons. The number of amides is 1. The van der Waals surface area contributed by atoms with Crippen molar-refractivity contribution in [3.05, 3.63) is 84.4 Å². The fourth-order valence-corrected chi connectivity index (χ4v) is 3.35. The number of ether oxygens (including phenoxy) is 2. The van der Waals surface area contributed by atoms with Crippen LogP contribution in [0, 0.1) is 5.92 Å². The van der Waals surface area contributed by atoms with Gasteiger partial charge in [-0.1, -0.05) is 61.5 Å². The van der Waals surface area contributed by atoms with E-state index in [0.717, 1.165) is 16.8 Å². The topological polar surface area (TPSA) is 105 Å². The van der Waals surface area contributed by atoms with Crippen LogP contribution in [0.2, 0.25) is 0 Å². The van der Waals surface area contributed by atoms with Gasteiger partial charge in [0.1, 0.15) is 18.5 Å². The number of anilines is 1. The van der Waals surface area contributed by atoms with Crippen LogP contribution in [-0.4, -0.2) is 35.5 Å². The predicted molar refractivity (Wildman–Crippen MR) is 122 cm³/mol. The molecule has 0 unspecified atom stereocenters. The van der Waals surface area contributed by atoms with E-state index >= 15 is 0 Å². The number of aliphatic hydroxyl groups is 1. The van der Waals surface area contributed by atoms with Crippen molar-refractivity contribution in [1.82, 2.24) is 0 Å². The molecule has 0 aliphatic rings. The molecular weight excluding hydrogens is 410 g/mol. The van der Waals surface area contributed by atoms with Crippen LogP contribution in [0.1, 0.15) is 18.6 Å². The molecule has 32 heavy (non-hydrogen) atoms. The van der Waals surface area contributed by atoms with Gasteiger partial charge in [0.25, 0.3) is 0 Å². The maximum atomic E-state index is 12.8. The van der Waals surface area contributed by atoms with E-state index in [4.69, 9.17) is 19.7 Å². The number of aliphatic carboxylic acids is 1. The van der Waals surface area contributed by atoms with Gasteiger partial charge in [0.05, 0.1) is 12.3 Å². The van der Waals surface area contributed by atoms with Crippen LogP contribution >= 0.6 is 0 Å². The first-order chi connectivity index (χ1) is 15.5. The molecule has 1 amide bonds. The standard InChI is InChI=1S/C25H25NO6/c1-17(12-13-23(28)29)24(19-8-4-9-20(16-19)31-15-14-27)32-25(30)26-22-11-5-7-18-6-2-3-10-21(18)22/h2-13,16-17,24,27H,14-15H2,1H3,(H,26,30)(H,28,29)/b13-12+/t17-,24+/m1/s1. The van der Waals surface area contributed by atoms with Crippen molar-refractivity contribution >= 4 is 28.5 Å². The van der Waals surface area contributed by atoms with E-state index in [1.165, 1.54) is 6.08 Å². The number of rotatable bonds is 9. The molecule has 0 fully saturated rings. The van der Waals surface area contributed by atoms with Gasteiger partial charge in [-0.2, -0.15) is 0 Å². The van der Waals surface area contributed by atoms with Crippen molar-refractivity contribution in [2.75, 3.05) is 18.5 Å². The minimum atomic E-state index is -1.09. The van der Waals surface area contributed by atoms with Crippen LogP contribution in [0.15, 0.2) is 78.9 Å². The number of hydrogen-bond acceptors (Lipinski definition) is 5. The molecule has 2 atom stereocenters. The highest BCUT2D eigenvalue weighted by Gasteiger charge is 2.23. The smallest absolute Gasteiger partial charge is 0.412 e. The zero-order valence-electron chi connectivity index (χ0n) is 17.6. The van der Waals surface area contributed by atoms with E-state index < -0.39 is 24.1 Å². The molecule has 0 spiro atoms. The van der Waals surface area contributed by atoms with Crippen LogP contribution in [0.4, 0.5) is 10.5 Å². The zero-order valence-corrected chi connectivity index (χ0v) is 17.6. The number of carbonyl (C=O) groups excluding carboxylic acids is 1. The Morgan fingerprint density at radius 1 is 1.06 bits per heavy atom. The summed E-state index contributed by atoms with van der Waals surface area (Å²) in [5, 5.41) is 22.6. The molecule has 7 nitrogen and oxygen atoms in total. The van der Waals surface area contributed by atoms with Gasteiger partial charge in [-0.05, 0) is 29.1 Å². The third kappa shape index (κ3) is 6.09. The summed E-state index contributed by atoms with van der Waals surface area (Å²) in [6.07, 6.45) is 1.07. The number of carbonyl (C=O) groups is 2. The highest BCUT2D eigenvalue weighted by molar-refractivity contribution is 6.00. The van der Waals surface area contributed by atoms with Crippen LogP contribution in [-0.2, 0) is 9.53 Å². The Kier molecular flexibility index (Phi) is 7.83. The molecule has 0 aliphatic carbocycles. The molecule has 166 valence electrons. The molecule has 0 aliphatic heterocycles. The second kappa shape index (κ2) is 11.0. The van der Waals surface area contributed by atoms with Crippen molar-refractivity contribution in [3.8, 4) is 5.75 Å². The lowest BCUT2D eigenvalue weighted by Gasteiger charge is -2.23. The summed E-state index contributed by atoms with van der Waals surface area (Å²) >= 11 is 0. The Morgan fingerprint density at radius 2 is 1.81 bits per heavy atom. The highest BCUT2D eigenvalue weighted by Crippen LogP contribution is 2.31. The first-order valence-corrected chi connectivity index (χ1v) is 10.2. The van der Waals surface area contributed by atoms with Gasteiger partial charge in [-0.25, -0.2) is 9.59 Å². The van der Waals surface area contributed by atoms with Crippen LogP contribution < -0.4 is 10.1 Å². The Morgan fingerprint density at radius 3 is 2.59 bits per heavy atom. The molecule has 0 saturated heterocycles. The molecule has 0 aromatic heterocycles. The second-order valence-electron chi connectivity index (χ2n) is 7.18. The fraction of sp³-hybridized carbons (Fsp3) is 0.200. The zero-order chi connectivity index (χ0) is 22.9. The molecular formula is C25H25NO6. The molecule has 0 saturated carbocycles. The minimum absolute atomic E-state index is 0.130. The largest absolute Gasteiger partial charge is 0.491 e. The Balaban J connectivity index is 1.84. The van der Waals surface area contributed by atoms with Crippen molar-refractivity contribution < 1.29 is 29.3 Å². The number of benzene rings is 3. The number of hydrogen-bond donors (Lipinski definition) is 3. The highest BCUT2D eigenvalue weighted by atomic mass is 16.6. The molecule has 0 heterocycles. The second-order valence-corrected chi connectivity index (χ2v) is 7.18. The third-order valence-electron chi connectivity index (χ3n) is 4.83. The minimum Gasteiger partial charge on any atom is -0.491 e. The van der Waals surface area contributed by atoms with E-state index in [9.17, 15) is 9.59 Å². The molecule has 3 N–H and O–H groups in total. The number of carboxylic acid groups (broad SMARTS) is 1. The summed E-state index contributed by atoms with van der Waals surface area (Å²) < 4.78 is 11.2. The van der Waals surface area contributed by atoms with Gasteiger partial charge in [-0.15, -0.1) is 0 Å². The average molecular weight is 435 g/mol. The van der Waals surface area contributed by atoms with Crippen molar-refractivity contribution in [1.29, 1.82) is 0 Å². The summed E-state index contributed by atoms with van der Waals surface area (Å²) in [7, 11) is 0. The lowest BCUT2D eigenvalue weighted by atomic mass is 9.96. The number of aliphatic hydroxyl groups excluding tert-OH is 1. The van der Waals surface area contributed by atoms with E-state index in [0.29, 0.717) is 17.0 Å². The number of nitrogens with one attached hydrogen (secondary N) is 1. The van der Waals surface area contributed by atoms with E-state index in [1.807, 2.05) is 36.4 Å². The maximum absolute atomic E-state index is 12.8. The summed E-state index contributed by atoms with van der Waals surface area (Å²) in [4.78, 5) is 23.8. The molecule has 3 aromatic rings. The van der Waals surface area contributed by atoms with Gasteiger partial charge >= 0.3 is 12.1 Å². The predicted octanol–water partition coefficient (Wildman–Crippen LogP) is 4.78. The average Bonchev–Trinajstić information content (AvgIpc) is 2.80. The molecule has 7 heteroatoms.